The Balaban J connectivity index is 2.04. The van der Waals surface area contributed by atoms with Gasteiger partial charge in [0.15, 0.2) is 5.13 Å². The molecule has 0 fully saturated rings. The van der Waals surface area contributed by atoms with Gasteiger partial charge >= 0.3 is 0 Å². The molecule has 0 aliphatic rings. The van der Waals surface area contributed by atoms with Gasteiger partial charge in [0.1, 0.15) is 6.54 Å². The first-order valence-electron chi connectivity index (χ1n) is 8.77. The molecular weight excluding hydrogens is 386 g/mol. The van der Waals surface area contributed by atoms with Crippen molar-refractivity contribution < 1.29 is 14.3 Å². The van der Waals surface area contributed by atoms with E-state index < -0.39 is 0 Å². The summed E-state index contributed by atoms with van der Waals surface area (Å²) in [5, 5.41) is 3.88. The number of nitrogens with zero attached hydrogens (tertiary/aromatic N) is 2. The minimum atomic E-state index is -0.275. The molecule has 6 nitrogen and oxygen atoms in total. The largest absolute Gasteiger partial charge is 0.382 e. The summed E-state index contributed by atoms with van der Waals surface area (Å²) in [6, 6.07) is 6.64. The first kappa shape index (κ1) is 21.3. The third-order valence-electron chi connectivity index (χ3n) is 3.91. The summed E-state index contributed by atoms with van der Waals surface area (Å²) < 4.78 is 5.34. The van der Waals surface area contributed by atoms with Crippen molar-refractivity contribution in [2.75, 3.05) is 31.6 Å². The summed E-state index contributed by atoms with van der Waals surface area (Å²) in [4.78, 5) is 32.1. The average Bonchev–Trinajstić information content (AvgIpc) is 2.94. The van der Waals surface area contributed by atoms with Crippen molar-refractivity contribution in [3.05, 3.63) is 45.4 Å². The molecule has 146 valence electrons. The second kappa shape index (κ2) is 10.4. The van der Waals surface area contributed by atoms with Gasteiger partial charge < -0.3 is 15.0 Å². The van der Waals surface area contributed by atoms with Crippen LogP contribution in [0.3, 0.4) is 0 Å². The lowest BCUT2D eigenvalue weighted by molar-refractivity contribution is -0.116. The Bertz CT molecular complexity index is 758. The molecule has 0 unspecified atom stereocenters. The highest BCUT2D eigenvalue weighted by Gasteiger charge is 2.19. The Kier molecular flexibility index (Phi) is 8.22. The van der Waals surface area contributed by atoms with Crippen LogP contribution in [-0.2, 0) is 9.53 Å². The second-order valence-corrected chi connectivity index (χ2v) is 7.63. The van der Waals surface area contributed by atoms with Gasteiger partial charge in [-0.15, -0.1) is 11.3 Å². The maximum Gasteiger partial charge on any atom is 0.254 e. The van der Waals surface area contributed by atoms with Gasteiger partial charge in [-0.1, -0.05) is 11.6 Å². The molecule has 27 heavy (non-hydrogen) atoms. The zero-order chi connectivity index (χ0) is 19.8. The minimum Gasteiger partial charge on any atom is -0.382 e. The van der Waals surface area contributed by atoms with Gasteiger partial charge in [0, 0.05) is 35.2 Å². The first-order valence-corrected chi connectivity index (χ1v) is 9.96. The minimum absolute atomic E-state index is 0.0503. The highest BCUT2D eigenvalue weighted by Crippen LogP contribution is 2.21. The van der Waals surface area contributed by atoms with E-state index in [-0.39, 0.29) is 18.4 Å². The summed E-state index contributed by atoms with van der Waals surface area (Å²) in [5.74, 6) is -0.493. The number of benzene rings is 1. The van der Waals surface area contributed by atoms with Gasteiger partial charge in [-0.05, 0) is 51.5 Å². The number of aryl methyl sites for hydroxylation is 2. The molecule has 1 heterocycles. The zero-order valence-corrected chi connectivity index (χ0v) is 17.3. The van der Waals surface area contributed by atoms with Crippen molar-refractivity contribution in [1.82, 2.24) is 9.88 Å². The van der Waals surface area contributed by atoms with E-state index in [1.54, 1.807) is 24.3 Å². The number of ether oxygens (including phenoxy) is 1. The lowest BCUT2D eigenvalue weighted by Gasteiger charge is -2.22. The molecule has 0 radical (unpaired) electrons. The number of thiazole rings is 1. The summed E-state index contributed by atoms with van der Waals surface area (Å²) in [6.45, 7) is 7.29. The number of rotatable bonds is 9. The van der Waals surface area contributed by atoms with Crippen molar-refractivity contribution in [1.29, 1.82) is 0 Å². The smallest absolute Gasteiger partial charge is 0.254 e. The highest BCUT2D eigenvalue weighted by atomic mass is 35.5. The molecule has 0 saturated carbocycles. The predicted molar refractivity (Wildman–Crippen MR) is 109 cm³/mol. The van der Waals surface area contributed by atoms with Gasteiger partial charge in [0.2, 0.25) is 5.91 Å². The Morgan fingerprint density at radius 2 is 1.96 bits per heavy atom. The maximum atomic E-state index is 12.8. The lowest BCUT2D eigenvalue weighted by atomic mass is 10.2. The molecule has 0 saturated heterocycles. The van der Waals surface area contributed by atoms with E-state index in [1.807, 2.05) is 20.8 Å². The van der Waals surface area contributed by atoms with Crippen LogP contribution in [0.25, 0.3) is 0 Å². The van der Waals surface area contributed by atoms with Crippen LogP contribution in [-0.4, -0.2) is 48.0 Å². The number of anilines is 1. The molecule has 2 amide bonds. The quantitative estimate of drug-likeness (QED) is 0.637. The van der Waals surface area contributed by atoms with Crippen LogP contribution in [0.1, 0.15) is 34.3 Å². The van der Waals surface area contributed by atoms with Gasteiger partial charge in [0.05, 0.1) is 5.69 Å². The number of hydrogen-bond acceptors (Lipinski definition) is 5. The van der Waals surface area contributed by atoms with Crippen molar-refractivity contribution in [3.63, 3.8) is 0 Å². The van der Waals surface area contributed by atoms with Crippen molar-refractivity contribution in [3.8, 4) is 0 Å². The van der Waals surface area contributed by atoms with Crippen LogP contribution in [0.15, 0.2) is 24.3 Å². The van der Waals surface area contributed by atoms with E-state index in [0.717, 1.165) is 10.6 Å². The topological polar surface area (TPSA) is 71.5 Å². The standard InChI is InChI=1S/C19H24ClN3O3S/c1-4-26-11-5-10-23(18(25)15-6-8-16(20)9-7-15)12-17(24)22-19-21-13(2)14(3)27-19/h6-9H,4-5,10-12H2,1-3H3,(H,21,22,24). The number of carbonyl (C=O) groups excluding carboxylic acids is 2. The lowest BCUT2D eigenvalue weighted by Crippen LogP contribution is -2.39. The fourth-order valence-electron chi connectivity index (χ4n) is 2.39. The summed E-state index contributed by atoms with van der Waals surface area (Å²) in [5.41, 5.74) is 1.38. The van der Waals surface area contributed by atoms with Crippen LogP contribution in [0.5, 0.6) is 0 Å². The van der Waals surface area contributed by atoms with Crippen LogP contribution in [0.4, 0.5) is 5.13 Å². The van der Waals surface area contributed by atoms with Crippen LogP contribution in [0.2, 0.25) is 5.02 Å². The number of halogens is 1. The maximum absolute atomic E-state index is 12.8. The fourth-order valence-corrected chi connectivity index (χ4v) is 3.34. The van der Waals surface area contributed by atoms with Crippen molar-refractivity contribution in [2.45, 2.75) is 27.2 Å². The molecule has 1 aromatic heterocycles. The first-order chi connectivity index (χ1) is 12.9. The third kappa shape index (κ3) is 6.61. The molecule has 0 bridgehead atoms. The van der Waals surface area contributed by atoms with Gasteiger partial charge in [-0.25, -0.2) is 4.98 Å². The summed E-state index contributed by atoms with van der Waals surface area (Å²) >= 11 is 7.31. The highest BCUT2D eigenvalue weighted by molar-refractivity contribution is 7.15. The fraction of sp³-hybridized carbons (Fsp3) is 0.421. The summed E-state index contributed by atoms with van der Waals surface area (Å²) in [7, 11) is 0. The zero-order valence-electron chi connectivity index (χ0n) is 15.8. The van der Waals surface area contributed by atoms with Crippen LogP contribution < -0.4 is 5.32 Å². The van der Waals surface area contributed by atoms with E-state index in [0.29, 0.717) is 41.9 Å². The molecule has 8 heteroatoms. The third-order valence-corrected chi connectivity index (χ3v) is 5.15. The van der Waals surface area contributed by atoms with Crippen molar-refractivity contribution >= 4 is 39.9 Å². The van der Waals surface area contributed by atoms with E-state index in [1.165, 1.54) is 16.2 Å². The number of nitrogens with one attached hydrogen (secondary N) is 1. The normalized spacial score (nSPS) is 10.7. The molecule has 0 atom stereocenters. The molecule has 0 aliphatic heterocycles. The number of amides is 2. The van der Waals surface area contributed by atoms with Gasteiger partial charge in [-0.2, -0.15) is 0 Å². The number of hydrogen-bond donors (Lipinski definition) is 1. The Hall–Kier alpha value is -1.96. The second-order valence-electron chi connectivity index (χ2n) is 5.99. The van der Waals surface area contributed by atoms with E-state index >= 15 is 0 Å². The van der Waals surface area contributed by atoms with Crippen LogP contribution >= 0.6 is 22.9 Å². The Morgan fingerprint density at radius 3 is 2.56 bits per heavy atom. The molecule has 1 N–H and O–H groups in total. The monoisotopic (exact) mass is 409 g/mol. The van der Waals surface area contributed by atoms with Crippen LogP contribution in [0, 0.1) is 13.8 Å². The summed E-state index contributed by atoms with van der Waals surface area (Å²) in [6.07, 6.45) is 0.649. The Morgan fingerprint density at radius 1 is 1.26 bits per heavy atom. The number of carbonyl (C=O) groups is 2. The van der Waals surface area contributed by atoms with E-state index in [9.17, 15) is 9.59 Å². The van der Waals surface area contributed by atoms with Gasteiger partial charge in [-0.3, -0.25) is 9.59 Å². The molecule has 2 aromatic rings. The van der Waals surface area contributed by atoms with E-state index in [2.05, 4.69) is 10.3 Å². The average molecular weight is 410 g/mol. The molecule has 1 aromatic carbocycles. The molecule has 2 rings (SSSR count). The molecule has 0 spiro atoms. The Labute approximate surface area is 168 Å². The SMILES string of the molecule is CCOCCCN(CC(=O)Nc1nc(C)c(C)s1)C(=O)c1ccc(Cl)cc1. The van der Waals surface area contributed by atoms with Gasteiger partial charge in [0.25, 0.3) is 5.91 Å². The molecule has 0 aliphatic carbocycles. The van der Waals surface area contributed by atoms with E-state index in [4.69, 9.17) is 16.3 Å². The number of aromatic nitrogens is 1. The predicted octanol–water partition coefficient (Wildman–Crippen LogP) is 3.92. The molecular formula is C19H24ClN3O3S. The van der Waals surface area contributed by atoms with Crippen molar-refractivity contribution in [2.24, 2.45) is 0 Å².